The Bertz CT molecular complexity index is 411. The molecule has 0 spiro atoms. The molecule has 1 amide bonds. The van der Waals surface area contributed by atoms with Gasteiger partial charge in [-0.25, -0.2) is 4.79 Å². The van der Waals surface area contributed by atoms with E-state index in [-0.39, 0.29) is 12.1 Å². The summed E-state index contributed by atoms with van der Waals surface area (Å²) < 4.78 is 11.0. The number of hydrogen-bond donors (Lipinski definition) is 0. The van der Waals surface area contributed by atoms with E-state index in [1.807, 2.05) is 12.1 Å². The lowest BCUT2D eigenvalue weighted by Crippen LogP contribution is -2.39. The second-order valence-electron chi connectivity index (χ2n) is 4.96. The molecule has 0 aliphatic carbocycles. The first-order valence-corrected chi connectivity index (χ1v) is 7.27. The maximum Gasteiger partial charge on any atom is 0.410 e. The van der Waals surface area contributed by atoms with Crippen LogP contribution in [-0.2, 0) is 4.74 Å². The highest BCUT2D eigenvalue weighted by Gasteiger charge is 2.30. The Morgan fingerprint density at radius 3 is 3.20 bits per heavy atom. The zero-order valence-corrected chi connectivity index (χ0v) is 12.0. The van der Waals surface area contributed by atoms with Gasteiger partial charge in [0.15, 0.2) is 0 Å². The molecule has 1 atom stereocenters. The first kappa shape index (κ1) is 14.6. The molecule has 1 aromatic rings. The number of rotatable bonds is 6. The van der Waals surface area contributed by atoms with E-state index < -0.39 is 0 Å². The lowest BCUT2D eigenvalue weighted by atomic mass is 10.2. The fraction of sp³-hybridized carbons (Fsp3) is 0.600. The molecule has 2 rings (SSSR count). The molecule has 1 saturated heterocycles. The molecule has 0 saturated carbocycles. The van der Waals surface area contributed by atoms with Gasteiger partial charge in [-0.3, -0.25) is 4.98 Å². The quantitative estimate of drug-likeness (QED) is 0.751. The molecule has 1 unspecified atom stereocenters. The summed E-state index contributed by atoms with van der Waals surface area (Å²) >= 11 is 0. The minimum Gasteiger partial charge on any atom is -0.490 e. The molecule has 110 valence electrons. The van der Waals surface area contributed by atoms with E-state index in [4.69, 9.17) is 9.47 Å². The normalized spacial score (nSPS) is 18.1. The molecule has 2 heterocycles. The monoisotopic (exact) mass is 278 g/mol. The van der Waals surface area contributed by atoms with Crippen LogP contribution in [0.2, 0.25) is 0 Å². The van der Waals surface area contributed by atoms with Crippen LogP contribution in [-0.4, -0.2) is 41.8 Å². The molecule has 5 heteroatoms. The minimum absolute atomic E-state index is 0.101. The van der Waals surface area contributed by atoms with Crippen LogP contribution >= 0.6 is 0 Å². The van der Waals surface area contributed by atoms with Gasteiger partial charge in [-0.15, -0.1) is 0 Å². The molecule has 0 aromatic carbocycles. The predicted octanol–water partition coefficient (Wildman–Crippen LogP) is 2.86. The van der Waals surface area contributed by atoms with Gasteiger partial charge in [-0.1, -0.05) is 13.3 Å². The van der Waals surface area contributed by atoms with E-state index in [9.17, 15) is 4.79 Å². The summed E-state index contributed by atoms with van der Waals surface area (Å²) in [5.41, 5.74) is 0. The average molecular weight is 278 g/mol. The Morgan fingerprint density at radius 1 is 1.55 bits per heavy atom. The fourth-order valence-electron chi connectivity index (χ4n) is 2.26. The highest BCUT2D eigenvalue weighted by molar-refractivity contribution is 5.68. The first-order valence-electron chi connectivity index (χ1n) is 7.27. The van der Waals surface area contributed by atoms with Gasteiger partial charge in [-0.05, 0) is 31.4 Å². The maximum atomic E-state index is 12.0. The van der Waals surface area contributed by atoms with Crippen LogP contribution in [0.4, 0.5) is 4.79 Å². The second kappa shape index (κ2) is 7.72. The van der Waals surface area contributed by atoms with Crippen molar-refractivity contribution in [2.75, 3.05) is 19.8 Å². The Morgan fingerprint density at radius 2 is 2.45 bits per heavy atom. The minimum atomic E-state index is -0.212. The second-order valence-corrected chi connectivity index (χ2v) is 4.96. The molecule has 1 fully saturated rings. The Balaban J connectivity index is 1.79. The molecular weight excluding hydrogens is 256 g/mol. The lowest BCUT2D eigenvalue weighted by molar-refractivity contribution is 0.0866. The summed E-state index contributed by atoms with van der Waals surface area (Å²) in [5.74, 6) is 0.735. The van der Waals surface area contributed by atoms with Gasteiger partial charge in [0.2, 0.25) is 0 Å². The molecule has 1 aliphatic heterocycles. The first-order chi connectivity index (χ1) is 9.81. The fourth-order valence-corrected chi connectivity index (χ4v) is 2.26. The van der Waals surface area contributed by atoms with Crippen LogP contribution in [0.15, 0.2) is 24.5 Å². The van der Waals surface area contributed by atoms with Crippen molar-refractivity contribution in [3.05, 3.63) is 24.5 Å². The zero-order chi connectivity index (χ0) is 14.2. The van der Waals surface area contributed by atoms with E-state index in [0.717, 1.165) is 38.0 Å². The largest absolute Gasteiger partial charge is 0.490 e. The van der Waals surface area contributed by atoms with E-state index in [1.165, 1.54) is 0 Å². The van der Waals surface area contributed by atoms with Crippen molar-refractivity contribution in [3.8, 4) is 5.75 Å². The lowest BCUT2D eigenvalue weighted by Gasteiger charge is -2.24. The smallest absolute Gasteiger partial charge is 0.410 e. The topological polar surface area (TPSA) is 51.7 Å². The number of amides is 1. The molecule has 5 nitrogen and oxygen atoms in total. The Kier molecular flexibility index (Phi) is 5.65. The van der Waals surface area contributed by atoms with Gasteiger partial charge >= 0.3 is 6.09 Å². The van der Waals surface area contributed by atoms with Crippen molar-refractivity contribution in [1.82, 2.24) is 9.88 Å². The summed E-state index contributed by atoms with van der Waals surface area (Å²) in [4.78, 5) is 17.8. The summed E-state index contributed by atoms with van der Waals surface area (Å²) in [6.07, 6.45) is 7.08. The number of ether oxygens (including phenoxy) is 2. The van der Waals surface area contributed by atoms with Crippen LogP contribution in [0.25, 0.3) is 0 Å². The average Bonchev–Trinajstić information content (AvgIpc) is 2.95. The summed E-state index contributed by atoms with van der Waals surface area (Å²) in [6, 6.07) is 3.80. The van der Waals surface area contributed by atoms with Crippen molar-refractivity contribution in [2.24, 2.45) is 0 Å². The standard InChI is InChI=1S/C15H22N2O3/c1-2-3-10-19-15(18)17-9-5-6-13(17)12-20-14-7-4-8-16-11-14/h4,7-8,11,13H,2-3,5-6,9-10,12H2,1H3. The third-order valence-electron chi connectivity index (χ3n) is 3.41. The zero-order valence-electron chi connectivity index (χ0n) is 12.0. The van der Waals surface area contributed by atoms with Gasteiger partial charge in [0.1, 0.15) is 12.4 Å². The van der Waals surface area contributed by atoms with Crippen molar-refractivity contribution < 1.29 is 14.3 Å². The number of pyridine rings is 1. The number of carbonyl (C=O) groups excluding carboxylic acids is 1. The van der Waals surface area contributed by atoms with Crippen LogP contribution in [0.3, 0.4) is 0 Å². The van der Waals surface area contributed by atoms with E-state index in [1.54, 1.807) is 17.3 Å². The molecule has 20 heavy (non-hydrogen) atoms. The highest BCUT2D eigenvalue weighted by Crippen LogP contribution is 2.19. The molecule has 1 aliphatic rings. The van der Waals surface area contributed by atoms with Gasteiger partial charge in [0.25, 0.3) is 0 Å². The molecule has 0 N–H and O–H groups in total. The maximum absolute atomic E-state index is 12.0. The van der Waals surface area contributed by atoms with Crippen LogP contribution in [0, 0.1) is 0 Å². The number of nitrogens with zero attached hydrogens (tertiary/aromatic N) is 2. The molecular formula is C15H22N2O3. The van der Waals surface area contributed by atoms with Crippen LogP contribution in [0.1, 0.15) is 32.6 Å². The summed E-state index contributed by atoms with van der Waals surface area (Å²) in [7, 11) is 0. The summed E-state index contributed by atoms with van der Waals surface area (Å²) in [6.45, 7) is 3.83. The number of aromatic nitrogens is 1. The SMILES string of the molecule is CCCCOC(=O)N1CCCC1COc1cccnc1. The van der Waals surface area contributed by atoms with Gasteiger partial charge in [0.05, 0.1) is 18.8 Å². The number of unbranched alkanes of at least 4 members (excludes halogenated alkanes) is 1. The van der Waals surface area contributed by atoms with E-state index in [0.29, 0.717) is 13.2 Å². The third-order valence-corrected chi connectivity index (χ3v) is 3.41. The van der Waals surface area contributed by atoms with Crippen molar-refractivity contribution >= 4 is 6.09 Å². The van der Waals surface area contributed by atoms with Crippen molar-refractivity contribution in [3.63, 3.8) is 0 Å². The number of likely N-dealkylation sites (tertiary alicyclic amines) is 1. The number of carbonyl (C=O) groups is 1. The van der Waals surface area contributed by atoms with Crippen molar-refractivity contribution in [2.45, 2.75) is 38.6 Å². The van der Waals surface area contributed by atoms with Gasteiger partial charge in [-0.2, -0.15) is 0 Å². The molecule has 0 bridgehead atoms. The Labute approximate surface area is 119 Å². The molecule has 1 aromatic heterocycles. The summed E-state index contributed by atoms with van der Waals surface area (Å²) in [5, 5.41) is 0. The van der Waals surface area contributed by atoms with Crippen LogP contribution < -0.4 is 4.74 Å². The van der Waals surface area contributed by atoms with Crippen molar-refractivity contribution in [1.29, 1.82) is 0 Å². The number of hydrogen-bond acceptors (Lipinski definition) is 4. The highest BCUT2D eigenvalue weighted by atomic mass is 16.6. The third kappa shape index (κ3) is 4.11. The van der Waals surface area contributed by atoms with E-state index >= 15 is 0 Å². The molecule has 0 radical (unpaired) electrons. The predicted molar refractivity (Wildman–Crippen MR) is 75.7 cm³/mol. The van der Waals surface area contributed by atoms with Gasteiger partial charge in [0, 0.05) is 12.7 Å². The van der Waals surface area contributed by atoms with Gasteiger partial charge < -0.3 is 14.4 Å². The van der Waals surface area contributed by atoms with E-state index in [2.05, 4.69) is 11.9 Å². The van der Waals surface area contributed by atoms with Crippen LogP contribution in [0.5, 0.6) is 5.75 Å². The Hall–Kier alpha value is -1.78.